The first-order valence-electron chi connectivity index (χ1n) is 11.6. The Labute approximate surface area is 190 Å². The molecule has 1 aromatic heterocycles. The molecule has 0 bridgehead atoms. The molecule has 1 saturated heterocycles. The Balaban J connectivity index is 1.36. The molecule has 8 nitrogen and oxygen atoms in total. The van der Waals surface area contributed by atoms with Crippen LogP contribution < -0.4 is 15.0 Å². The number of ether oxygens (including phenoxy) is 1. The highest BCUT2D eigenvalue weighted by molar-refractivity contribution is 5.95. The summed E-state index contributed by atoms with van der Waals surface area (Å²) in [7, 11) is 0. The van der Waals surface area contributed by atoms with Crippen LogP contribution in [0.4, 0.5) is 6.01 Å². The molecule has 0 saturated carbocycles. The maximum atomic E-state index is 12.2. The fraction of sp³-hybridized carbons (Fsp3) is 0.625. The van der Waals surface area contributed by atoms with Crippen LogP contribution in [0.5, 0.6) is 5.75 Å². The van der Waals surface area contributed by atoms with Gasteiger partial charge in [0, 0.05) is 31.1 Å². The Kier molecular flexibility index (Phi) is 8.50. The minimum absolute atomic E-state index is 0.178. The van der Waals surface area contributed by atoms with Gasteiger partial charge in [-0.25, -0.2) is 0 Å². The number of piperidine rings is 1. The average Bonchev–Trinajstić information content (AvgIpc) is 3.26. The predicted molar refractivity (Wildman–Crippen MR) is 123 cm³/mol. The lowest BCUT2D eigenvalue weighted by Crippen LogP contribution is -2.34. The molecule has 1 aliphatic heterocycles. The van der Waals surface area contributed by atoms with Crippen molar-refractivity contribution < 1.29 is 19.2 Å². The number of nitrogens with one attached hydrogen (secondary N) is 1. The van der Waals surface area contributed by atoms with Crippen molar-refractivity contribution in [3.8, 4) is 5.75 Å². The molecular formula is C24H36N4O4. The normalized spacial score (nSPS) is 15.8. The molecule has 3 rings (SSSR count). The molecule has 1 unspecified atom stereocenters. The van der Waals surface area contributed by atoms with E-state index >= 15 is 0 Å². The van der Waals surface area contributed by atoms with Crippen molar-refractivity contribution in [3.63, 3.8) is 0 Å². The molecule has 1 atom stereocenters. The van der Waals surface area contributed by atoms with Crippen LogP contribution in [0.1, 0.15) is 74.1 Å². The maximum Gasteiger partial charge on any atom is 0.324 e. The third kappa shape index (κ3) is 6.69. The number of aromatic nitrogens is 2. The van der Waals surface area contributed by atoms with Crippen molar-refractivity contribution in [2.24, 2.45) is 5.92 Å². The van der Waals surface area contributed by atoms with E-state index in [0.717, 1.165) is 55.9 Å². The van der Waals surface area contributed by atoms with Gasteiger partial charge in [-0.3, -0.25) is 4.79 Å². The summed E-state index contributed by atoms with van der Waals surface area (Å²) in [5.74, 6) is 2.33. The molecule has 32 heavy (non-hydrogen) atoms. The van der Waals surface area contributed by atoms with Crippen LogP contribution in [0.2, 0.25) is 0 Å². The van der Waals surface area contributed by atoms with Gasteiger partial charge in [-0.05, 0) is 69.2 Å². The van der Waals surface area contributed by atoms with Crippen LogP contribution in [-0.2, 0) is 0 Å². The lowest BCUT2D eigenvalue weighted by molar-refractivity contribution is 0.0923. The lowest BCUT2D eigenvalue weighted by Gasteiger charge is -2.30. The highest BCUT2D eigenvalue weighted by atomic mass is 16.5. The summed E-state index contributed by atoms with van der Waals surface area (Å²) < 4.78 is 11.3. The first-order valence-corrected chi connectivity index (χ1v) is 11.6. The summed E-state index contributed by atoms with van der Waals surface area (Å²) in [5, 5.41) is 16.1. The summed E-state index contributed by atoms with van der Waals surface area (Å²) >= 11 is 0. The quantitative estimate of drug-likeness (QED) is 0.539. The largest absolute Gasteiger partial charge is 0.494 e. The van der Waals surface area contributed by atoms with E-state index in [0.29, 0.717) is 24.1 Å². The molecule has 1 aliphatic rings. The summed E-state index contributed by atoms with van der Waals surface area (Å²) in [4.78, 5) is 18.9. The maximum absolute atomic E-state index is 12.2. The first-order chi connectivity index (χ1) is 15.3. The van der Waals surface area contributed by atoms with Crippen molar-refractivity contribution in [2.75, 3.05) is 31.1 Å². The zero-order valence-corrected chi connectivity index (χ0v) is 19.6. The summed E-state index contributed by atoms with van der Waals surface area (Å²) in [6, 6.07) is 6.15. The van der Waals surface area contributed by atoms with Crippen molar-refractivity contribution in [1.29, 1.82) is 0 Å². The Morgan fingerprint density at radius 3 is 2.69 bits per heavy atom. The van der Waals surface area contributed by atoms with Crippen molar-refractivity contribution in [1.82, 2.24) is 15.5 Å². The monoisotopic (exact) mass is 444 g/mol. The van der Waals surface area contributed by atoms with Gasteiger partial charge < -0.3 is 24.6 Å². The van der Waals surface area contributed by atoms with E-state index in [-0.39, 0.29) is 18.4 Å². The molecule has 1 amide bonds. The number of hydrogen-bond donors (Lipinski definition) is 2. The van der Waals surface area contributed by atoms with Crippen LogP contribution in [0.15, 0.2) is 22.7 Å². The van der Waals surface area contributed by atoms with Crippen LogP contribution >= 0.6 is 0 Å². The zero-order chi connectivity index (χ0) is 23.1. The summed E-state index contributed by atoms with van der Waals surface area (Å²) in [6.45, 7) is 10.5. The fourth-order valence-electron chi connectivity index (χ4n) is 3.88. The lowest BCUT2D eigenvalue weighted by atomic mass is 9.92. The van der Waals surface area contributed by atoms with E-state index in [1.807, 2.05) is 19.1 Å². The number of hydrogen-bond acceptors (Lipinski definition) is 7. The van der Waals surface area contributed by atoms with Crippen LogP contribution in [0, 0.1) is 12.8 Å². The molecule has 0 aliphatic carbocycles. The fourth-order valence-corrected chi connectivity index (χ4v) is 3.88. The molecule has 1 aromatic carbocycles. The number of benzene rings is 1. The molecule has 0 radical (unpaired) electrons. The Morgan fingerprint density at radius 2 is 2.06 bits per heavy atom. The van der Waals surface area contributed by atoms with E-state index in [4.69, 9.17) is 9.26 Å². The van der Waals surface area contributed by atoms with Gasteiger partial charge in [-0.15, -0.1) is 0 Å². The molecule has 0 spiro atoms. The van der Waals surface area contributed by atoms with E-state index < -0.39 is 6.10 Å². The smallest absolute Gasteiger partial charge is 0.324 e. The van der Waals surface area contributed by atoms with Crippen LogP contribution in [-0.4, -0.2) is 53.5 Å². The second-order valence-electron chi connectivity index (χ2n) is 9.05. The highest BCUT2D eigenvalue weighted by Gasteiger charge is 2.23. The van der Waals surface area contributed by atoms with E-state index in [1.54, 1.807) is 13.0 Å². The Bertz CT molecular complexity index is 873. The van der Waals surface area contributed by atoms with Gasteiger partial charge in [-0.1, -0.05) is 19.0 Å². The number of carbonyl (C=O) groups excluding carboxylic acids is 1. The molecule has 2 heterocycles. The van der Waals surface area contributed by atoms with Gasteiger partial charge in [0.05, 0.1) is 12.7 Å². The number of amides is 1. The average molecular weight is 445 g/mol. The van der Waals surface area contributed by atoms with Crippen LogP contribution in [0.25, 0.3) is 0 Å². The standard InChI is InChI=1S/C24H36N4O4/c1-16(2)22-26-24(32-27-22)28-11-9-19(10-12-28)6-5-13-31-20-7-8-21(17(3)14-20)23(30)25-15-18(4)29/h7-8,14,16,18-19,29H,5-6,9-13,15H2,1-4H3,(H,25,30). The third-order valence-corrected chi connectivity index (χ3v) is 5.86. The predicted octanol–water partition coefficient (Wildman–Crippen LogP) is 3.69. The van der Waals surface area contributed by atoms with Crippen LogP contribution in [0.3, 0.4) is 0 Å². The molecule has 2 aromatic rings. The zero-order valence-electron chi connectivity index (χ0n) is 19.6. The third-order valence-electron chi connectivity index (χ3n) is 5.86. The molecule has 1 fully saturated rings. The van der Waals surface area contributed by atoms with E-state index in [1.165, 1.54) is 0 Å². The van der Waals surface area contributed by atoms with Gasteiger partial charge in [-0.2, -0.15) is 4.98 Å². The topological polar surface area (TPSA) is 101 Å². The second-order valence-corrected chi connectivity index (χ2v) is 9.05. The number of aliphatic hydroxyl groups is 1. The number of aryl methyl sites for hydroxylation is 1. The van der Waals surface area contributed by atoms with Gasteiger partial charge in [0.1, 0.15) is 5.75 Å². The minimum Gasteiger partial charge on any atom is -0.494 e. The summed E-state index contributed by atoms with van der Waals surface area (Å²) in [6.07, 6.45) is 3.81. The number of rotatable bonds is 10. The molecule has 176 valence electrons. The number of carbonyl (C=O) groups is 1. The molecular weight excluding hydrogens is 408 g/mol. The Hall–Kier alpha value is -2.61. The molecule has 8 heteroatoms. The van der Waals surface area contributed by atoms with Crippen molar-refractivity contribution in [2.45, 2.75) is 65.4 Å². The second kappa shape index (κ2) is 11.3. The number of anilines is 1. The van der Waals surface area contributed by atoms with Gasteiger partial charge in [0.25, 0.3) is 5.91 Å². The SMILES string of the molecule is Cc1cc(OCCCC2CCN(c3nc(C(C)C)no3)CC2)ccc1C(=O)NCC(C)O. The van der Waals surface area contributed by atoms with Gasteiger partial charge >= 0.3 is 6.01 Å². The summed E-state index contributed by atoms with van der Waals surface area (Å²) in [5.41, 5.74) is 1.46. The van der Waals surface area contributed by atoms with Crippen molar-refractivity contribution in [3.05, 3.63) is 35.2 Å². The molecule has 2 N–H and O–H groups in total. The number of aliphatic hydroxyl groups excluding tert-OH is 1. The van der Waals surface area contributed by atoms with E-state index in [9.17, 15) is 9.90 Å². The van der Waals surface area contributed by atoms with Crippen molar-refractivity contribution >= 4 is 11.9 Å². The Morgan fingerprint density at radius 1 is 1.31 bits per heavy atom. The van der Waals surface area contributed by atoms with Gasteiger partial charge in [0.15, 0.2) is 5.82 Å². The minimum atomic E-state index is -0.564. The van der Waals surface area contributed by atoms with Gasteiger partial charge in [0.2, 0.25) is 0 Å². The highest BCUT2D eigenvalue weighted by Crippen LogP contribution is 2.26. The van der Waals surface area contributed by atoms with E-state index in [2.05, 4.69) is 34.2 Å². The first kappa shape index (κ1) is 24.0. The number of nitrogens with zero attached hydrogens (tertiary/aromatic N) is 3.